The normalized spacial score (nSPS) is 13.1. The number of halogens is 3. The lowest BCUT2D eigenvalue weighted by molar-refractivity contribution is -0.121. The maximum atomic E-state index is 13.3. The van der Waals surface area contributed by atoms with Crippen LogP contribution in [0.4, 0.5) is 8.78 Å². The highest BCUT2D eigenvalue weighted by Gasteiger charge is 2.19. The van der Waals surface area contributed by atoms with E-state index in [4.69, 9.17) is 4.98 Å². The zero-order valence-corrected chi connectivity index (χ0v) is 35.2. The first-order chi connectivity index (χ1) is 29.5. The van der Waals surface area contributed by atoms with Gasteiger partial charge in [-0.05, 0) is 72.8 Å². The average molecular weight is 890 g/mol. The Bertz CT molecular complexity index is 2830. The molecule has 6 aromatic rings. The SMILES string of the molecule is CNC(=O)CBr.CNC(=O)CN1CCc2nc3cc(C#Cc4cccc(F)c4)ccc3c(=O)n2CC1.O=c1c2ccc(C#Cc3cccc(F)c3)cc2nc2n1CCNCC2. The van der Waals surface area contributed by atoms with Crippen molar-refractivity contribution in [2.75, 3.05) is 52.1 Å². The second-order valence-corrected chi connectivity index (χ2v) is 14.5. The van der Waals surface area contributed by atoms with Gasteiger partial charge in [-0.2, -0.15) is 0 Å². The molecular weight excluding hydrogens is 846 g/mol. The molecule has 312 valence electrons. The van der Waals surface area contributed by atoms with Crippen molar-refractivity contribution in [3.63, 3.8) is 0 Å². The summed E-state index contributed by atoms with van der Waals surface area (Å²) in [5.41, 5.74) is 3.82. The number of hydrogen-bond donors (Lipinski definition) is 3. The lowest BCUT2D eigenvalue weighted by Crippen LogP contribution is -2.37. The van der Waals surface area contributed by atoms with Crippen LogP contribution in [0.15, 0.2) is 94.5 Å². The van der Waals surface area contributed by atoms with Crippen LogP contribution >= 0.6 is 15.9 Å². The largest absolute Gasteiger partial charge is 0.358 e. The smallest absolute Gasteiger partial charge is 0.261 e. The van der Waals surface area contributed by atoms with Crippen molar-refractivity contribution in [3.8, 4) is 23.7 Å². The number of benzene rings is 4. The highest BCUT2D eigenvalue weighted by Crippen LogP contribution is 2.15. The molecule has 4 heterocycles. The highest BCUT2D eigenvalue weighted by molar-refractivity contribution is 9.09. The Morgan fingerprint density at radius 3 is 1.66 bits per heavy atom. The number of rotatable bonds is 3. The van der Waals surface area contributed by atoms with Gasteiger partial charge >= 0.3 is 0 Å². The summed E-state index contributed by atoms with van der Waals surface area (Å²) in [5, 5.41) is 9.86. The fourth-order valence-electron chi connectivity index (χ4n) is 6.59. The number of alkyl halides is 1. The third-order valence-corrected chi connectivity index (χ3v) is 10.3. The summed E-state index contributed by atoms with van der Waals surface area (Å²) in [7, 11) is 3.21. The Balaban J connectivity index is 0.000000182. The summed E-state index contributed by atoms with van der Waals surface area (Å²) in [4.78, 5) is 58.7. The molecular formula is C46H43BrF2N8O4. The third-order valence-electron chi connectivity index (χ3n) is 9.80. The molecule has 0 aliphatic carbocycles. The molecule has 0 saturated heterocycles. The fourth-order valence-corrected chi connectivity index (χ4v) is 6.87. The van der Waals surface area contributed by atoms with E-state index in [2.05, 4.69) is 60.5 Å². The van der Waals surface area contributed by atoms with E-state index in [9.17, 15) is 28.0 Å². The molecule has 61 heavy (non-hydrogen) atoms. The zero-order chi connectivity index (χ0) is 43.3. The average Bonchev–Trinajstić information content (AvgIpc) is 3.64. The van der Waals surface area contributed by atoms with E-state index in [0.717, 1.165) is 30.9 Å². The summed E-state index contributed by atoms with van der Waals surface area (Å²) >= 11 is 2.96. The Kier molecular flexibility index (Phi) is 15.3. The van der Waals surface area contributed by atoms with Gasteiger partial charge in [0.2, 0.25) is 11.8 Å². The van der Waals surface area contributed by atoms with Gasteiger partial charge in [-0.1, -0.05) is 51.7 Å². The minimum Gasteiger partial charge on any atom is -0.358 e. The fraction of sp³-hybridized carbons (Fsp3) is 0.261. The Hall–Kier alpha value is -6.52. The third kappa shape index (κ3) is 11.8. The minimum absolute atomic E-state index is 0.00617. The molecule has 0 bridgehead atoms. The molecule has 2 aliphatic heterocycles. The van der Waals surface area contributed by atoms with Gasteiger partial charge in [-0.3, -0.25) is 33.2 Å². The first kappa shape index (κ1) is 44.0. The van der Waals surface area contributed by atoms with Gasteiger partial charge in [0.1, 0.15) is 23.3 Å². The van der Waals surface area contributed by atoms with Crippen molar-refractivity contribution in [1.29, 1.82) is 0 Å². The molecule has 2 aromatic heterocycles. The van der Waals surface area contributed by atoms with Gasteiger partial charge in [-0.25, -0.2) is 18.7 Å². The van der Waals surface area contributed by atoms with Gasteiger partial charge < -0.3 is 16.0 Å². The molecule has 12 nitrogen and oxygen atoms in total. The minimum atomic E-state index is -0.330. The van der Waals surface area contributed by atoms with E-state index in [-0.39, 0.29) is 34.6 Å². The molecule has 8 rings (SSSR count). The number of carbonyl (C=O) groups is 2. The summed E-state index contributed by atoms with van der Waals surface area (Å²) in [6.07, 6.45) is 1.31. The van der Waals surface area contributed by atoms with Crippen LogP contribution in [0, 0.1) is 35.3 Å². The lowest BCUT2D eigenvalue weighted by Gasteiger charge is -2.17. The van der Waals surface area contributed by atoms with Crippen LogP contribution in [0.5, 0.6) is 0 Å². The molecule has 0 unspecified atom stereocenters. The van der Waals surface area contributed by atoms with Crippen molar-refractivity contribution < 1.29 is 18.4 Å². The van der Waals surface area contributed by atoms with Crippen LogP contribution in [0.1, 0.15) is 33.9 Å². The number of carbonyl (C=O) groups excluding carboxylic acids is 2. The Morgan fingerprint density at radius 1 is 0.656 bits per heavy atom. The van der Waals surface area contributed by atoms with Gasteiger partial charge in [-0.15, -0.1) is 0 Å². The summed E-state index contributed by atoms with van der Waals surface area (Å²) in [5.74, 6) is 12.7. The predicted molar refractivity (Wildman–Crippen MR) is 235 cm³/mol. The highest BCUT2D eigenvalue weighted by atomic mass is 79.9. The van der Waals surface area contributed by atoms with E-state index >= 15 is 0 Å². The quantitative estimate of drug-likeness (QED) is 0.180. The molecule has 0 fully saturated rings. The van der Waals surface area contributed by atoms with Gasteiger partial charge in [0.25, 0.3) is 11.1 Å². The van der Waals surface area contributed by atoms with Crippen molar-refractivity contribution >= 4 is 49.6 Å². The van der Waals surface area contributed by atoms with E-state index in [1.807, 2.05) is 11.0 Å². The number of fused-ring (bicyclic) bond motifs is 4. The van der Waals surface area contributed by atoms with Crippen LogP contribution in [-0.2, 0) is 35.5 Å². The van der Waals surface area contributed by atoms with Gasteiger partial charge in [0.05, 0.1) is 33.7 Å². The molecule has 0 saturated carbocycles. The molecule has 2 aliphatic rings. The van der Waals surface area contributed by atoms with Crippen LogP contribution in [0.2, 0.25) is 0 Å². The molecule has 0 spiro atoms. The topological polar surface area (TPSA) is 143 Å². The van der Waals surface area contributed by atoms with Crippen LogP contribution in [0.3, 0.4) is 0 Å². The molecule has 2 amide bonds. The monoisotopic (exact) mass is 888 g/mol. The molecule has 0 radical (unpaired) electrons. The van der Waals surface area contributed by atoms with Crippen molar-refractivity contribution in [2.24, 2.45) is 0 Å². The van der Waals surface area contributed by atoms with Crippen LogP contribution < -0.4 is 27.1 Å². The molecule has 0 atom stereocenters. The van der Waals surface area contributed by atoms with Crippen LogP contribution in [0.25, 0.3) is 21.8 Å². The number of likely N-dealkylation sites (N-methyl/N-ethyl adjacent to an activating group) is 1. The predicted octanol–water partition coefficient (Wildman–Crippen LogP) is 3.75. The summed E-state index contributed by atoms with van der Waals surface area (Å²) < 4.78 is 30.0. The van der Waals surface area contributed by atoms with Gasteiger partial charge in [0.15, 0.2) is 0 Å². The van der Waals surface area contributed by atoms with Gasteiger partial charge in [0, 0.05) is 88.5 Å². The van der Waals surface area contributed by atoms with Crippen molar-refractivity contribution in [1.82, 2.24) is 40.0 Å². The second kappa shape index (κ2) is 21.1. The van der Waals surface area contributed by atoms with E-state index in [0.29, 0.717) is 88.8 Å². The second-order valence-electron chi connectivity index (χ2n) is 14.0. The summed E-state index contributed by atoms with van der Waals surface area (Å²) in [6.45, 7) is 4.30. The Morgan fingerprint density at radius 2 is 1.16 bits per heavy atom. The van der Waals surface area contributed by atoms with E-state index in [1.165, 1.54) is 24.3 Å². The van der Waals surface area contributed by atoms with Crippen molar-refractivity contribution in [2.45, 2.75) is 25.9 Å². The Labute approximate surface area is 359 Å². The number of hydrogen-bond acceptors (Lipinski definition) is 8. The first-order valence-corrected chi connectivity index (χ1v) is 20.7. The molecule has 4 aromatic carbocycles. The van der Waals surface area contributed by atoms with E-state index in [1.54, 1.807) is 77.8 Å². The zero-order valence-electron chi connectivity index (χ0n) is 33.7. The maximum absolute atomic E-state index is 13.3. The number of nitrogens with one attached hydrogen (secondary N) is 3. The first-order valence-electron chi connectivity index (χ1n) is 19.6. The lowest BCUT2D eigenvalue weighted by atomic mass is 10.1. The standard InChI is InChI=1S/C23H21FN4O2.C20H16FN3O.C3H6BrNO/c1-25-22(29)15-27-10-9-21-26-20-14-17(6-5-16-3-2-4-18(24)13-16)7-8-19(20)23(30)28(21)12-11-27;21-16-3-1-2-14(12-16)4-5-15-6-7-17-18(13-15)23-19-8-9-22-10-11-24(19)20(17)25;1-5-3(6)2-4/h2-4,7-8,13-14H,9-12,15H2,1H3,(H,25,29);1-3,6-7,12-13,22H,8-11H2;2H2,1H3,(H,5,6). The number of amides is 2. The van der Waals surface area contributed by atoms with Crippen LogP contribution in [-0.4, -0.2) is 88.0 Å². The number of nitrogens with zero attached hydrogens (tertiary/aromatic N) is 5. The number of aromatic nitrogens is 4. The van der Waals surface area contributed by atoms with Crippen molar-refractivity contribution in [3.05, 3.63) is 151 Å². The molecule has 15 heteroatoms. The van der Waals surface area contributed by atoms with E-state index < -0.39 is 0 Å². The maximum Gasteiger partial charge on any atom is 0.261 e. The summed E-state index contributed by atoms with van der Waals surface area (Å²) in [6, 6.07) is 23.0. The molecule has 3 N–H and O–H groups in total.